The molecular weight excluding hydrogens is 260 g/mol. The first-order valence-electron chi connectivity index (χ1n) is 6.60. The molecule has 1 amide bonds. The van der Waals surface area contributed by atoms with E-state index < -0.39 is 0 Å². The Labute approximate surface area is 119 Å². The van der Waals surface area contributed by atoms with Crippen LogP contribution in [0.15, 0.2) is 12.4 Å². The number of nitrogens with zero attached hydrogens (tertiary/aromatic N) is 2. The van der Waals surface area contributed by atoms with Crippen molar-refractivity contribution >= 4 is 11.7 Å². The van der Waals surface area contributed by atoms with Crippen LogP contribution in [0, 0.1) is 0 Å². The Balaban J connectivity index is 2.31. The number of methoxy groups -OCH3 is 2. The molecule has 1 aromatic rings. The molecule has 2 N–H and O–H groups in total. The van der Waals surface area contributed by atoms with Gasteiger partial charge in [-0.25, -0.2) is 9.97 Å². The van der Waals surface area contributed by atoms with Crippen LogP contribution in [0.25, 0.3) is 0 Å². The largest absolute Gasteiger partial charge is 0.385 e. The molecule has 0 saturated carbocycles. The predicted octanol–water partition coefficient (Wildman–Crippen LogP) is 0.691. The van der Waals surface area contributed by atoms with Gasteiger partial charge in [-0.2, -0.15) is 0 Å². The van der Waals surface area contributed by atoms with Gasteiger partial charge < -0.3 is 20.1 Å². The zero-order chi connectivity index (χ0) is 14.6. The first-order valence-corrected chi connectivity index (χ1v) is 6.60. The summed E-state index contributed by atoms with van der Waals surface area (Å²) in [6, 6.07) is 0. The molecular formula is C13H22N4O3. The standard InChI is InChI=1S/C13H22N4O3/c1-19-7-3-5-14-12-10-16-11(9-17-12)13(18)15-6-4-8-20-2/h9-10H,3-8H2,1-2H3,(H,14,17)(H,15,18). The van der Waals surface area contributed by atoms with Crippen LogP contribution in [0.4, 0.5) is 5.82 Å². The Bertz CT molecular complexity index is 384. The van der Waals surface area contributed by atoms with E-state index >= 15 is 0 Å². The third-order valence-corrected chi connectivity index (χ3v) is 2.53. The minimum absolute atomic E-state index is 0.223. The summed E-state index contributed by atoms with van der Waals surface area (Å²) in [6.07, 6.45) is 4.68. The van der Waals surface area contributed by atoms with E-state index in [0.717, 1.165) is 19.4 Å². The lowest BCUT2D eigenvalue weighted by Crippen LogP contribution is -2.26. The molecule has 1 aromatic heterocycles. The Hall–Kier alpha value is -1.73. The summed E-state index contributed by atoms with van der Waals surface area (Å²) >= 11 is 0. The third kappa shape index (κ3) is 6.44. The van der Waals surface area contributed by atoms with Gasteiger partial charge in [0.25, 0.3) is 5.91 Å². The van der Waals surface area contributed by atoms with Crippen LogP contribution in [-0.2, 0) is 9.47 Å². The minimum Gasteiger partial charge on any atom is -0.385 e. The van der Waals surface area contributed by atoms with Crippen molar-refractivity contribution in [3.63, 3.8) is 0 Å². The molecule has 20 heavy (non-hydrogen) atoms. The molecule has 1 heterocycles. The SMILES string of the molecule is COCCCNC(=O)c1cnc(NCCCOC)cn1. The fraction of sp³-hybridized carbons (Fsp3) is 0.615. The highest BCUT2D eigenvalue weighted by atomic mass is 16.5. The van der Waals surface area contributed by atoms with E-state index in [1.165, 1.54) is 6.20 Å². The van der Waals surface area contributed by atoms with Crippen LogP contribution in [0.5, 0.6) is 0 Å². The van der Waals surface area contributed by atoms with Crippen LogP contribution < -0.4 is 10.6 Å². The molecule has 0 aromatic carbocycles. The normalized spacial score (nSPS) is 10.3. The first-order chi connectivity index (χ1) is 9.77. The summed E-state index contributed by atoms with van der Waals surface area (Å²) in [7, 11) is 3.30. The first kappa shape index (κ1) is 16.3. The zero-order valence-electron chi connectivity index (χ0n) is 12.0. The predicted molar refractivity (Wildman–Crippen MR) is 75.8 cm³/mol. The molecule has 0 fully saturated rings. The van der Waals surface area contributed by atoms with Crippen LogP contribution in [0.1, 0.15) is 23.3 Å². The number of nitrogens with one attached hydrogen (secondary N) is 2. The average molecular weight is 282 g/mol. The molecule has 0 aliphatic rings. The van der Waals surface area contributed by atoms with Crippen molar-refractivity contribution in [2.45, 2.75) is 12.8 Å². The number of amides is 1. The fourth-order valence-corrected chi connectivity index (χ4v) is 1.48. The maximum Gasteiger partial charge on any atom is 0.271 e. The van der Waals surface area contributed by atoms with Gasteiger partial charge in [0, 0.05) is 40.5 Å². The Morgan fingerprint density at radius 1 is 1.10 bits per heavy atom. The number of rotatable bonds is 10. The highest BCUT2D eigenvalue weighted by Crippen LogP contribution is 2.01. The van der Waals surface area contributed by atoms with Gasteiger partial charge >= 0.3 is 0 Å². The molecule has 0 spiro atoms. The Morgan fingerprint density at radius 2 is 1.80 bits per heavy atom. The molecule has 0 saturated heterocycles. The van der Waals surface area contributed by atoms with Crippen molar-refractivity contribution in [1.29, 1.82) is 0 Å². The topological polar surface area (TPSA) is 85.4 Å². The third-order valence-electron chi connectivity index (χ3n) is 2.53. The van der Waals surface area contributed by atoms with Crippen molar-refractivity contribution in [2.75, 3.05) is 45.8 Å². The number of anilines is 1. The Kier molecular flexibility index (Phi) is 8.25. The van der Waals surface area contributed by atoms with Gasteiger partial charge in [0.15, 0.2) is 0 Å². The lowest BCUT2D eigenvalue weighted by molar-refractivity contribution is 0.0943. The second-order valence-electron chi connectivity index (χ2n) is 4.16. The van der Waals surface area contributed by atoms with E-state index in [2.05, 4.69) is 20.6 Å². The van der Waals surface area contributed by atoms with Gasteiger partial charge in [-0.15, -0.1) is 0 Å². The summed E-state index contributed by atoms with van der Waals surface area (Å²) < 4.78 is 9.85. The number of ether oxygens (including phenoxy) is 2. The molecule has 0 unspecified atom stereocenters. The second-order valence-corrected chi connectivity index (χ2v) is 4.16. The quantitative estimate of drug-likeness (QED) is 0.614. The number of aromatic nitrogens is 2. The maximum absolute atomic E-state index is 11.7. The number of carbonyl (C=O) groups excluding carboxylic acids is 1. The van der Waals surface area contributed by atoms with Crippen molar-refractivity contribution in [2.24, 2.45) is 0 Å². The molecule has 0 radical (unpaired) electrons. The molecule has 0 bridgehead atoms. The second kappa shape index (κ2) is 10.1. The van der Waals surface area contributed by atoms with E-state index in [-0.39, 0.29) is 5.91 Å². The molecule has 7 heteroatoms. The molecule has 0 atom stereocenters. The van der Waals surface area contributed by atoms with E-state index in [0.29, 0.717) is 31.3 Å². The summed E-state index contributed by atoms with van der Waals surface area (Å²) in [5, 5.41) is 5.86. The van der Waals surface area contributed by atoms with Gasteiger partial charge in [-0.3, -0.25) is 4.79 Å². The lowest BCUT2D eigenvalue weighted by Gasteiger charge is -2.06. The van der Waals surface area contributed by atoms with Crippen molar-refractivity contribution in [3.05, 3.63) is 18.1 Å². The van der Waals surface area contributed by atoms with Crippen LogP contribution in [0.3, 0.4) is 0 Å². The van der Waals surface area contributed by atoms with Gasteiger partial charge in [-0.1, -0.05) is 0 Å². The van der Waals surface area contributed by atoms with Crippen LogP contribution in [-0.4, -0.2) is 56.4 Å². The van der Waals surface area contributed by atoms with Gasteiger partial charge in [0.05, 0.1) is 12.4 Å². The Morgan fingerprint density at radius 3 is 2.40 bits per heavy atom. The molecule has 0 aliphatic heterocycles. The van der Waals surface area contributed by atoms with Crippen LogP contribution >= 0.6 is 0 Å². The molecule has 0 aliphatic carbocycles. The summed E-state index contributed by atoms with van der Waals surface area (Å²) in [5.41, 5.74) is 0.310. The number of carbonyl (C=O) groups is 1. The molecule has 1 rings (SSSR count). The lowest BCUT2D eigenvalue weighted by atomic mass is 10.4. The highest BCUT2D eigenvalue weighted by Gasteiger charge is 2.06. The minimum atomic E-state index is -0.223. The van der Waals surface area contributed by atoms with E-state index in [1.807, 2.05) is 0 Å². The van der Waals surface area contributed by atoms with Crippen molar-refractivity contribution < 1.29 is 14.3 Å². The average Bonchev–Trinajstić information content (AvgIpc) is 2.48. The summed E-state index contributed by atoms with van der Waals surface area (Å²) in [4.78, 5) is 19.9. The summed E-state index contributed by atoms with van der Waals surface area (Å²) in [6.45, 7) is 2.63. The van der Waals surface area contributed by atoms with E-state index in [9.17, 15) is 4.79 Å². The number of hydrogen-bond donors (Lipinski definition) is 2. The summed E-state index contributed by atoms with van der Waals surface area (Å²) in [5.74, 6) is 0.427. The molecule has 7 nitrogen and oxygen atoms in total. The van der Waals surface area contributed by atoms with E-state index in [4.69, 9.17) is 9.47 Å². The van der Waals surface area contributed by atoms with Crippen LogP contribution in [0.2, 0.25) is 0 Å². The fourth-order valence-electron chi connectivity index (χ4n) is 1.48. The molecule has 112 valence electrons. The van der Waals surface area contributed by atoms with E-state index in [1.54, 1.807) is 20.4 Å². The number of hydrogen-bond acceptors (Lipinski definition) is 6. The highest BCUT2D eigenvalue weighted by molar-refractivity contribution is 5.91. The van der Waals surface area contributed by atoms with Gasteiger partial charge in [0.2, 0.25) is 0 Å². The van der Waals surface area contributed by atoms with Gasteiger partial charge in [-0.05, 0) is 12.8 Å². The monoisotopic (exact) mass is 282 g/mol. The van der Waals surface area contributed by atoms with Gasteiger partial charge in [0.1, 0.15) is 11.5 Å². The van der Waals surface area contributed by atoms with Crippen molar-refractivity contribution in [1.82, 2.24) is 15.3 Å². The smallest absolute Gasteiger partial charge is 0.271 e. The maximum atomic E-state index is 11.7. The van der Waals surface area contributed by atoms with Crippen molar-refractivity contribution in [3.8, 4) is 0 Å². The zero-order valence-corrected chi connectivity index (χ0v) is 12.0.